The summed E-state index contributed by atoms with van der Waals surface area (Å²) in [7, 11) is 3.18. The second-order valence-electron chi connectivity index (χ2n) is 6.07. The van der Waals surface area contributed by atoms with E-state index < -0.39 is 0 Å². The molecule has 0 aliphatic heterocycles. The number of amides is 2. The molecule has 2 aromatic carbocycles. The third-order valence-electron chi connectivity index (χ3n) is 4.28. The van der Waals surface area contributed by atoms with E-state index in [1.807, 2.05) is 78.5 Å². The van der Waals surface area contributed by atoms with Crippen LogP contribution in [-0.2, 0) is 0 Å². The molecule has 6 heteroatoms. The average molecular weight is 365 g/mol. The molecule has 0 aliphatic rings. The van der Waals surface area contributed by atoms with Gasteiger partial charge in [-0.1, -0.05) is 6.07 Å². The molecular formula is C21H23N3O3. The van der Waals surface area contributed by atoms with Crippen molar-refractivity contribution in [2.24, 2.45) is 0 Å². The molecule has 0 radical (unpaired) electrons. The molecule has 0 saturated carbocycles. The van der Waals surface area contributed by atoms with Crippen LogP contribution < -0.4 is 20.1 Å². The molecule has 1 atom stereocenters. The maximum absolute atomic E-state index is 12.3. The number of hydrogen-bond donors (Lipinski definition) is 2. The highest BCUT2D eigenvalue weighted by Crippen LogP contribution is 2.29. The second-order valence-corrected chi connectivity index (χ2v) is 6.07. The Kier molecular flexibility index (Phi) is 5.66. The minimum absolute atomic E-state index is 0.191. The SMILES string of the molecule is COc1ccc(C(C)NC(=O)Nc2ccc(-n3cccc3)cc2)cc1OC. The van der Waals surface area contributed by atoms with Gasteiger partial charge in [0.1, 0.15) is 0 Å². The van der Waals surface area contributed by atoms with Gasteiger partial charge in [-0.25, -0.2) is 4.79 Å². The zero-order chi connectivity index (χ0) is 19.2. The molecule has 0 saturated heterocycles. The van der Waals surface area contributed by atoms with E-state index in [2.05, 4.69) is 10.6 Å². The van der Waals surface area contributed by atoms with Crippen LogP contribution >= 0.6 is 0 Å². The molecule has 2 amide bonds. The Morgan fingerprint density at radius 1 is 0.963 bits per heavy atom. The topological polar surface area (TPSA) is 64.5 Å². The molecule has 1 heterocycles. The van der Waals surface area contributed by atoms with Crippen LogP contribution in [0.3, 0.4) is 0 Å². The Morgan fingerprint density at radius 3 is 2.26 bits per heavy atom. The van der Waals surface area contributed by atoms with E-state index in [0.717, 1.165) is 16.9 Å². The van der Waals surface area contributed by atoms with Crippen molar-refractivity contribution in [1.82, 2.24) is 9.88 Å². The molecule has 0 aliphatic carbocycles. The first-order valence-corrected chi connectivity index (χ1v) is 8.63. The van der Waals surface area contributed by atoms with Crippen LogP contribution in [0, 0.1) is 0 Å². The Balaban J connectivity index is 1.61. The molecule has 3 aromatic rings. The normalized spacial score (nSPS) is 11.5. The lowest BCUT2D eigenvalue weighted by Crippen LogP contribution is -2.31. The number of aromatic nitrogens is 1. The summed E-state index contributed by atoms with van der Waals surface area (Å²) in [6, 6.07) is 16.7. The van der Waals surface area contributed by atoms with Gasteiger partial charge in [-0.15, -0.1) is 0 Å². The fourth-order valence-corrected chi connectivity index (χ4v) is 2.79. The van der Waals surface area contributed by atoms with Gasteiger partial charge in [-0.3, -0.25) is 0 Å². The number of hydrogen-bond acceptors (Lipinski definition) is 3. The van der Waals surface area contributed by atoms with Gasteiger partial charge >= 0.3 is 6.03 Å². The lowest BCUT2D eigenvalue weighted by Gasteiger charge is -2.17. The molecule has 140 valence electrons. The van der Waals surface area contributed by atoms with Crippen LogP contribution in [0.1, 0.15) is 18.5 Å². The molecule has 1 aromatic heterocycles. The summed E-state index contributed by atoms with van der Waals surface area (Å²) in [4.78, 5) is 12.3. The summed E-state index contributed by atoms with van der Waals surface area (Å²) >= 11 is 0. The summed E-state index contributed by atoms with van der Waals surface area (Å²) < 4.78 is 12.6. The zero-order valence-electron chi connectivity index (χ0n) is 15.6. The summed E-state index contributed by atoms with van der Waals surface area (Å²) in [6.07, 6.45) is 3.94. The van der Waals surface area contributed by atoms with Crippen molar-refractivity contribution in [2.45, 2.75) is 13.0 Å². The standard InChI is InChI=1S/C21H23N3O3/c1-15(16-6-11-19(26-2)20(14-16)27-3)22-21(25)23-17-7-9-18(10-8-17)24-12-4-5-13-24/h4-15H,1-3H3,(H2,22,23,25). The molecule has 27 heavy (non-hydrogen) atoms. The number of anilines is 1. The Morgan fingerprint density at radius 2 is 1.63 bits per heavy atom. The van der Waals surface area contributed by atoms with E-state index in [1.54, 1.807) is 14.2 Å². The maximum atomic E-state index is 12.3. The fourth-order valence-electron chi connectivity index (χ4n) is 2.79. The van der Waals surface area contributed by atoms with Crippen molar-refractivity contribution in [3.63, 3.8) is 0 Å². The van der Waals surface area contributed by atoms with Gasteiger partial charge in [0, 0.05) is 23.8 Å². The predicted octanol–water partition coefficient (Wildman–Crippen LogP) is 4.38. The lowest BCUT2D eigenvalue weighted by molar-refractivity contribution is 0.249. The molecule has 1 unspecified atom stereocenters. The number of rotatable bonds is 6. The largest absolute Gasteiger partial charge is 0.493 e. The fraction of sp³-hybridized carbons (Fsp3) is 0.190. The van der Waals surface area contributed by atoms with E-state index >= 15 is 0 Å². The van der Waals surface area contributed by atoms with Gasteiger partial charge in [0.15, 0.2) is 11.5 Å². The third kappa shape index (κ3) is 4.41. The second kappa shape index (κ2) is 8.31. The van der Waals surface area contributed by atoms with Crippen LogP contribution in [0.4, 0.5) is 10.5 Å². The Labute approximate surface area is 158 Å². The van der Waals surface area contributed by atoms with Gasteiger partial charge in [-0.05, 0) is 61.0 Å². The molecule has 0 fully saturated rings. The van der Waals surface area contributed by atoms with E-state index in [0.29, 0.717) is 11.5 Å². The monoisotopic (exact) mass is 365 g/mol. The minimum Gasteiger partial charge on any atom is -0.493 e. The minimum atomic E-state index is -0.272. The van der Waals surface area contributed by atoms with Crippen molar-refractivity contribution < 1.29 is 14.3 Å². The van der Waals surface area contributed by atoms with Crippen LogP contribution in [0.15, 0.2) is 67.0 Å². The number of benzene rings is 2. The third-order valence-corrected chi connectivity index (χ3v) is 4.28. The average Bonchev–Trinajstić information content (AvgIpc) is 3.22. The number of ether oxygens (including phenoxy) is 2. The highest BCUT2D eigenvalue weighted by atomic mass is 16.5. The summed E-state index contributed by atoms with van der Waals surface area (Å²) in [5.41, 5.74) is 2.68. The summed E-state index contributed by atoms with van der Waals surface area (Å²) in [5, 5.41) is 5.77. The number of nitrogens with one attached hydrogen (secondary N) is 2. The van der Waals surface area contributed by atoms with Crippen LogP contribution in [0.2, 0.25) is 0 Å². The first-order valence-electron chi connectivity index (χ1n) is 8.63. The van der Waals surface area contributed by atoms with Crippen molar-refractivity contribution in [1.29, 1.82) is 0 Å². The summed E-state index contributed by atoms with van der Waals surface area (Å²) in [5.74, 6) is 1.28. The van der Waals surface area contributed by atoms with Gasteiger partial charge in [0.25, 0.3) is 0 Å². The van der Waals surface area contributed by atoms with Crippen LogP contribution in [-0.4, -0.2) is 24.8 Å². The lowest BCUT2D eigenvalue weighted by atomic mass is 10.1. The maximum Gasteiger partial charge on any atom is 0.319 e. The van der Waals surface area contributed by atoms with E-state index in [1.165, 1.54) is 0 Å². The number of carbonyl (C=O) groups is 1. The number of methoxy groups -OCH3 is 2. The van der Waals surface area contributed by atoms with E-state index in [9.17, 15) is 4.79 Å². The van der Waals surface area contributed by atoms with Crippen molar-refractivity contribution in [2.75, 3.05) is 19.5 Å². The summed E-state index contributed by atoms with van der Waals surface area (Å²) in [6.45, 7) is 1.91. The molecular weight excluding hydrogens is 342 g/mol. The zero-order valence-corrected chi connectivity index (χ0v) is 15.6. The van der Waals surface area contributed by atoms with E-state index in [-0.39, 0.29) is 12.1 Å². The number of nitrogens with zero attached hydrogens (tertiary/aromatic N) is 1. The molecule has 3 rings (SSSR count). The van der Waals surface area contributed by atoms with E-state index in [4.69, 9.17) is 9.47 Å². The predicted molar refractivity (Wildman–Crippen MR) is 106 cm³/mol. The quantitative estimate of drug-likeness (QED) is 0.681. The highest BCUT2D eigenvalue weighted by Gasteiger charge is 2.13. The first-order chi connectivity index (χ1) is 13.1. The highest BCUT2D eigenvalue weighted by molar-refractivity contribution is 5.89. The van der Waals surface area contributed by atoms with Crippen molar-refractivity contribution >= 4 is 11.7 Å². The van der Waals surface area contributed by atoms with Crippen LogP contribution in [0.25, 0.3) is 5.69 Å². The van der Waals surface area contributed by atoms with Gasteiger partial charge < -0.3 is 24.7 Å². The van der Waals surface area contributed by atoms with Gasteiger partial charge in [-0.2, -0.15) is 0 Å². The number of urea groups is 1. The van der Waals surface area contributed by atoms with Gasteiger partial charge in [0.05, 0.1) is 20.3 Å². The Bertz CT molecular complexity index is 890. The van der Waals surface area contributed by atoms with Gasteiger partial charge in [0.2, 0.25) is 0 Å². The first kappa shape index (κ1) is 18.4. The van der Waals surface area contributed by atoms with Crippen molar-refractivity contribution in [3.05, 3.63) is 72.6 Å². The molecule has 0 bridgehead atoms. The Hall–Kier alpha value is -3.41. The molecule has 2 N–H and O–H groups in total. The molecule has 6 nitrogen and oxygen atoms in total. The molecule has 0 spiro atoms. The smallest absolute Gasteiger partial charge is 0.319 e. The van der Waals surface area contributed by atoms with Crippen LogP contribution in [0.5, 0.6) is 11.5 Å². The van der Waals surface area contributed by atoms with Crippen molar-refractivity contribution in [3.8, 4) is 17.2 Å². The number of carbonyl (C=O) groups excluding carboxylic acids is 1.